The number of hydrogen-bond donors (Lipinski definition) is 4. The third-order valence-electron chi connectivity index (χ3n) is 7.41. The molecule has 3 amide bonds. The SMILES string of the molecule is CC1(C)CCCNC1c1ccc(O)c(C(=O)c2ccc(C(=O)N[C@@H]3[CH]CN(C(N)=O)CCC3)cc2)c1F.Cl. The minimum absolute atomic E-state index is 0. The van der Waals surface area contributed by atoms with Gasteiger partial charge in [-0.15, -0.1) is 12.4 Å². The van der Waals surface area contributed by atoms with E-state index >= 15 is 4.39 Å². The summed E-state index contributed by atoms with van der Waals surface area (Å²) < 4.78 is 15.7. The Bertz CT molecular complexity index is 1190. The van der Waals surface area contributed by atoms with Crippen LogP contribution >= 0.6 is 12.4 Å². The average molecular weight is 546 g/mol. The summed E-state index contributed by atoms with van der Waals surface area (Å²) >= 11 is 0. The first-order chi connectivity index (χ1) is 17.6. The zero-order valence-corrected chi connectivity index (χ0v) is 22.4. The van der Waals surface area contributed by atoms with E-state index < -0.39 is 23.4 Å². The summed E-state index contributed by atoms with van der Waals surface area (Å²) in [6.45, 7) is 5.76. The van der Waals surface area contributed by atoms with Gasteiger partial charge < -0.3 is 26.4 Å². The Balaban J connectivity index is 0.00000400. The van der Waals surface area contributed by atoms with Gasteiger partial charge in [-0.05, 0) is 55.8 Å². The second-order valence-electron chi connectivity index (χ2n) is 10.5. The Hall–Kier alpha value is -3.17. The molecule has 2 aromatic rings. The van der Waals surface area contributed by atoms with Gasteiger partial charge in [-0.3, -0.25) is 9.59 Å². The molecule has 2 atom stereocenters. The highest BCUT2D eigenvalue weighted by Gasteiger charge is 2.36. The fraction of sp³-hybridized carbons (Fsp3) is 0.429. The molecule has 8 nitrogen and oxygen atoms in total. The predicted octanol–water partition coefficient (Wildman–Crippen LogP) is 4.11. The van der Waals surface area contributed by atoms with Crippen LogP contribution in [0, 0.1) is 17.7 Å². The minimum Gasteiger partial charge on any atom is -0.507 e. The number of phenolic OH excluding ortho intramolecular Hbond substituents is 1. The van der Waals surface area contributed by atoms with Crippen LogP contribution in [-0.4, -0.2) is 53.4 Å². The summed E-state index contributed by atoms with van der Waals surface area (Å²) in [5, 5.41) is 16.7. The zero-order chi connectivity index (χ0) is 26.7. The molecule has 4 rings (SSSR count). The molecule has 5 N–H and O–H groups in total. The Labute approximate surface area is 228 Å². The Morgan fingerprint density at radius 1 is 1.11 bits per heavy atom. The van der Waals surface area contributed by atoms with E-state index in [2.05, 4.69) is 24.5 Å². The highest BCUT2D eigenvalue weighted by molar-refractivity contribution is 6.11. The highest BCUT2D eigenvalue weighted by Crippen LogP contribution is 2.42. The average Bonchev–Trinajstić information content (AvgIpc) is 3.10. The molecule has 2 heterocycles. The minimum atomic E-state index is -0.729. The number of amides is 3. The summed E-state index contributed by atoms with van der Waals surface area (Å²) in [7, 11) is 0. The van der Waals surface area contributed by atoms with E-state index in [1.54, 1.807) is 0 Å². The molecule has 1 unspecified atom stereocenters. The third-order valence-corrected chi connectivity index (χ3v) is 7.41. The maximum atomic E-state index is 15.7. The number of hydrogen-bond acceptors (Lipinski definition) is 5. The lowest BCUT2D eigenvalue weighted by Crippen LogP contribution is -2.40. The number of carbonyl (C=O) groups excluding carboxylic acids is 3. The highest BCUT2D eigenvalue weighted by atomic mass is 35.5. The first-order valence-corrected chi connectivity index (χ1v) is 12.7. The summed E-state index contributed by atoms with van der Waals surface area (Å²) in [5.74, 6) is -2.13. The van der Waals surface area contributed by atoms with Gasteiger partial charge in [0.05, 0.1) is 0 Å². The Morgan fingerprint density at radius 3 is 2.45 bits per heavy atom. The lowest BCUT2D eigenvalue weighted by molar-refractivity contribution is 0.0939. The largest absolute Gasteiger partial charge is 0.507 e. The molecule has 0 aromatic heterocycles. The molecular weight excluding hydrogens is 511 g/mol. The molecule has 205 valence electrons. The molecule has 38 heavy (non-hydrogen) atoms. The van der Waals surface area contributed by atoms with Gasteiger partial charge in [0.1, 0.15) is 17.1 Å². The summed E-state index contributed by atoms with van der Waals surface area (Å²) in [6.07, 6.45) is 5.13. The number of nitrogens with zero attached hydrogens (tertiary/aromatic N) is 1. The van der Waals surface area contributed by atoms with Crippen LogP contribution in [0.4, 0.5) is 9.18 Å². The van der Waals surface area contributed by atoms with Crippen LogP contribution in [0.2, 0.25) is 0 Å². The number of aromatic hydroxyl groups is 1. The fourth-order valence-corrected chi connectivity index (χ4v) is 5.23. The number of carbonyl (C=O) groups is 3. The van der Waals surface area contributed by atoms with E-state index in [0.29, 0.717) is 37.1 Å². The monoisotopic (exact) mass is 545 g/mol. The lowest BCUT2D eigenvalue weighted by atomic mass is 9.74. The van der Waals surface area contributed by atoms with Crippen molar-refractivity contribution in [1.82, 2.24) is 15.5 Å². The topological polar surface area (TPSA) is 125 Å². The van der Waals surface area contributed by atoms with Crippen LogP contribution in [0.1, 0.15) is 77.4 Å². The molecule has 0 aliphatic carbocycles. The number of piperidine rings is 1. The van der Waals surface area contributed by atoms with Gasteiger partial charge in [0.25, 0.3) is 5.91 Å². The summed E-state index contributed by atoms with van der Waals surface area (Å²) in [4.78, 5) is 38.9. The van der Waals surface area contributed by atoms with Crippen molar-refractivity contribution < 1.29 is 23.9 Å². The summed E-state index contributed by atoms with van der Waals surface area (Å²) in [6, 6.07) is 7.82. The molecule has 0 bridgehead atoms. The Morgan fingerprint density at radius 2 is 1.79 bits per heavy atom. The Kier molecular flexibility index (Phi) is 9.38. The molecule has 0 saturated carbocycles. The van der Waals surface area contributed by atoms with Gasteiger partial charge in [-0.25, -0.2) is 9.18 Å². The van der Waals surface area contributed by atoms with Gasteiger partial charge in [0.2, 0.25) is 0 Å². The number of likely N-dealkylation sites (tertiary alicyclic amines) is 1. The molecule has 0 spiro atoms. The van der Waals surface area contributed by atoms with Gasteiger partial charge in [-0.2, -0.15) is 0 Å². The van der Waals surface area contributed by atoms with Crippen LogP contribution in [0.3, 0.4) is 0 Å². The molecule has 2 aromatic carbocycles. The van der Waals surface area contributed by atoms with Gasteiger partial charge in [0, 0.05) is 48.3 Å². The van der Waals surface area contributed by atoms with Crippen molar-refractivity contribution in [3.05, 3.63) is 70.9 Å². The van der Waals surface area contributed by atoms with E-state index in [1.165, 1.54) is 41.3 Å². The van der Waals surface area contributed by atoms with E-state index in [0.717, 1.165) is 19.4 Å². The predicted molar refractivity (Wildman–Crippen MR) is 145 cm³/mol. The van der Waals surface area contributed by atoms with Crippen LogP contribution in [0.15, 0.2) is 36.4 Å². The molecule has 2 saturated heterocycles. The number of benzene rings is 2. The second-order valence-corrected chi connectivity index (χ2v) is 10.5. The van der Waals surface area contributed by atoms with Gasteiger partial charge in [0.15, 0.2) is 5.78 Å². The number of ketones is 1. The number of rotatable bonds is 5. The number of nitrogens with two attached hydrogens (primary N) is 1. The van der Waals surface area contributed by atoms with Gasteiger partial charge >= 0.3 is 6.03 Å². The summed E-state index contributed by atoms with van der Waals surface area (Å²) in [5.41, 5.74) is 5.62. The van der Waals surface area contributed by atoms with E-state index in [1.807, 2.05) is 6.42 Å². The standard InChI is InChI=1S/C28H34FN4O4.ClH/c1-28(2)13-4-14-31-25(28)20-10-11-21(34)22(23(20)29)24(35)17-6-8-18(9-7-17)26(36)32-19-5-3-15-33(16-12-19)27(30)37;/h6-12,19,25,31,34H,3-5,13-16H2,1-2H3,(H2,30,37)(H,32,36);1H/t19-,25?;/m0./s1. The second kappa shape index (κ2) is 12.1. The van der Waals surface area contributed by atoms with Crippen molar-refractivity contribution in [2.75, 3.05) is 19.6 Å². The van der Waals surface area contributed by atoms with E-state index in [9.17, 15) is 19.5 Å². The van der Waals surface area contributed by atoms with Crippen molar-refractivity contribution in [3.8, 4) is 5.75 Å². The zero-order valence-electron chi connectivity index (χ0n) is 21.6. The van der Waals surface area contributed by atoms with Crippen LogP contribution in [0.5, 0.6) is 5.75 Å². The molecule has 2 aliphatic rings. The van der Waals surface area contributed by atoms with Crippen molar-refractivity contribution in [2.24, 2.45) is 11.1 Å². The number of halogens is 2. The van der Waals surface area contributed by atoms with E-state index in [-0.39, 0.29) is 46.9 Å². The quantitative estimate of drug-likeness (QED) is 0.421. The van der Waals surface area contributed by atoms with Crippen molar-refractivity contribution in [3.63, 3.8) is 0 Å². The molecule has 2 fully saturated rings. The normalized spacial score (nSPS) is 21.1. The number of phenols is 1. The maximum Gasteiger partial charge on any atom is 0.314 e. The lowest BCUT2D eigenvalue weighted by Gasteiger charge is -2.40. The van der Waals surface area contributed by atoms with Crippen molar-refractivity contribution >= 4 is 30.1 Å². The van der Waals surface area contributed by atoms with Gasteiger partial charge in [-0.1, -0.05) is 32.0 Å². The van der Waals surface area contributed by atoms with Crippen LogP contribution in [0.25, 0.3) is 0 Å². The van der Waals surface area contributed by atoms with Crippen molar-refractivity contribution in [2.45, 2.75) is 51.6 Å². The molecule has 2 aliphatic heterocycles. The van der Waals surface area contributed by atoms with E-state index in [4.69, 9.17) is 5.73 Å². The molecule has 10 heteroatoms. The molecule has 1 radical (unpaired) electrons. The molecular formula is C28H35ClFN4O4. The van der Waals surface area contributed by atoms with Crippen molar-refractivity contribution in [1.29, 1.82) is 0 Å². The first kappa shape index (κ1) is 29.4. The maximum absolute atomic E-state index is 15.7. The van der Waals surface area contributed by atoms with Crippen LogP contribution in [-0.2, 0) is 0 Å². The number of urea groups is 1. The first-order valence-electron chi connectivity index (χ1n) is 12.7. The van der Waals surface area contributed by atoms with Crippen LogP contribution < -0.4 is 16.4 Å². The number of primary amides is 1. The smallest absolute Gasteiger partial charge is 0.314 e. The third kappa shape index (κ3) is 6.27. The fourth-order valence-electron chi connectivity index (χ4n) is 5.23. The number of nitrogens with one attached hydrogen (secondary N) is 2.